The molecule has 2 heterocycles. The Labute approximate surface area is 66.1 Å². The Balaban J connectivity index is 2.19. The monoisotopic (exact) mass is 152 g/mol. The molecule has 2 aliphatic heterocycles. The predicted molar refractivity (Wildman–Crippen MR) is 41.9 cm³/mol. The zero-order valence-electron chi connectivity index (χ0n) is 6.47. The first-order chi connectivity index (χ1) is 5.38. The number of rotatable bonds is 0. The van der Waals surface area contributed by atoms with Crippen LogP contribution in [-0.4, -0.2) is 30.4 Å². The van der Waals surface area contributed by atoms with Gasteiger partial charge in [-0.15, -0.1) is 0 Å². The smallest absolute Gasteiger partial charge is 0.227 e. The molecule has 2 aliphatic rings. The third-order valence-electron chi connectivity index (χ3n) is 2.20. The van der Waals surface area contributed by atoms with E-state index in [2.05, 4.69) is 11.4 Å². The lowest BCUT2D eigenvalue weighted by molar-refractivity contribution is -0.130. The summed E-state index contributed by atoms with van der Waals surface area (Å²) in [6.07, 6.45) is 3.78. The van der Waals surface area contributed by atoms with E-state index >= 15 is 0 Å². The Morgan fingerprint density at radius 2 is 2.45 bits per heavy atom. The highest BCUT2D eigenvalue weighted by Crippen LogP contribution is 2.16. The van der Waals surface area contributed by atoms with Crippen LogP contribution in [0.15, 0.2) is 11.8 Å². The number of hydrogen-bond acceptors (Lipinski definition) is 2. The lowest BCUT2D eigenvalue weighted by atomic mass is 10.1. The summed E-state index contributed by atoms with van der Waals surface area (Å²) in [5.74, 6) is 0.295. The molecule has 2 rings (SSSR count). The maximum atomic E-state index is 11.3. The van der Waals surface area contributed by atoms with Crippen molar-refractivity contribution in [3.05, 3.63) is 11.8 Å². The molecule has 1 amide bonds. The number of fused-ring (bicyclic) bond motifs is 1. The summed E-state index contributed by atoms with van der Waals surface area (Å²) in [7, 11) is 0. The van der Waals surface area contributed by atoms with Gasteiger partial charge in [-0.2, -0.15) is 0 Å². The third kappa shape index (κ3) is 1.16. The summed E-state index contributed by atoms with van der Waals surface area (Å²) >= 11 is 0. The van der Waals surface area contributed by atoms with Gasteiger partial charge in [0.2, 0.25) is 5.91 Å². The van der Waals surface area contributed by atoms with Gasteiger partial charge in [0.1, 0.15) is 0 Å². The van der Waals surface area contributed by atoms with Crippen molar-refractivity contribution in [1.82, 2.24) is 10.2 Å². The van der Waals surface area contributed by atoms with E-state index in [4.69, 9.17) is 0 Å². The van der Waals surface area contributed by atoms with E-state index in [1.807, 2.05) is 4.90 Å². The van der Waals surface area contributed by atoms with Crippen molar-refractivity contribution in [1.29, 1.82) is 0 Å². The summed E-state index contributed by atoms with van der Waals surface area (Å²) in [5, 5.41) is 3.24. The highest BCUT2D eigenvalue weighted by Gasteiger charge is 2.23. The fraction of sp³-hybridized carbons (Fsp3) is 0.625. The van der Waals surface area contributed by atoms with Crippen LogP contribution in [0.2, 0.25) is 0 Å². The van der Waals surface area contributed by atoms with Crippen LogP contribution in [0.25, 0.3) is 0 Å². The van der Waals surface area contributed by atoms with Gasteiger partial charge in [0.25, 0.3) is 0 Å². The largest absolute Gasteiger partial charge is 0.314 e. The first-order valence-corrected chi connectivity index (χ1v) is 4.08. The Morgan fingerprint density at radius 3 is 3.27 bits per heavy atom. The molecule has 11 heavy (non-hydrogen) atoms. The van der Waals surface area contributed by atoms with Crippen LogP contribution in [0.3, 0.4) is 0 Å². The summed E-state index contributed by atoms with van der Waals surface area (Å²) in [6.45, 7) is 2.65. The van der Waals surface area contributed by atoms with Gasteiger partial charge in [-0.3, -0.25) is 4.79 Å². The van der Waals surface area contributed by atoms with Crippen LogP contribution in [0.1, 0.15) is 12.8 Å². The minimum atomic E-state index is 0.295. The molecule has 0 radical (unpaired) electrons. The Bertz CT molecular complexity index is 210. The molecule has 3 nitrogen and oxygen atoms in total. The topological polar surface area (TPSA) is 32.3 Å². The van der Waals surface area contributed by atoms with Crippen molar-refractivity contribution in [3.63, 3.8) is 0 Å². The van der Waals surface area contributed by atoms with Crippen molar-refractivity contribution < 1.29 is 4.79 Å². The number of amides is 1. The van der Waals surface area contributed by atoms with Crippen LogP contribution in [0.4, 0.5) is 0 Å². The van der Waals surface area contributed by atoms with E-state index in [1.54, 1.807) is 0 Å². The minimum absolute atomic E-state index is 0.295. The summed E-state index contributed by atoms with van der Waals surface area (Å²) in [5.41, 5.74) is 1.17. The molecule has 1 N–H and O–H groups in total. The molecule has 0 aromatic rings. The number of piperazine rings is 1. The van der Waals surface area contributed by atoms with E-state index in [-0.39, 0.29) is 0 Å². The van der Waals surface area contributed by atoms with Gasteiger partial charge in [-0.25, -0.2) is 0 Å². The second kappa shape index (κ2) is 2.66. The molecule has 3 heteroatoms. The molecule has 0 bridgehead atoms. The zero-order valence-corrected chi connectivity index (χ0v) is 6.47. The van der Waals surface area contributed by atoms with Gasteiger partial charge in [0.05, 0.1) is 0 Å². The molecule has 1 saturated heterocycles. The van der Waals surface area contributed by atoms with Gasteiger partial charge in [-0.05, 0) is 6.42 Å². The van der Waals surface area contributed by atoms with Crippen molar-refractivity contribution in [3.8, 4) is 0 Å². The highest BCUT2D eigenvalue weighted by molar-refractivity contribution is 5.79. The molecule has 1 fully saturated rings. The van der Waals surface area contributed by atoms with E-state index in [9.17, 15) is 4.79 Å². The Morgan fingerprint density at radius 1 is 1.55 bits per heavy atom. The van der Waals surface area contributed by atoms with E-state index in [0.29, 0.717) is 12.3 Å². The van der Waals surface area contributed by atoms with Crippen LogP contribution in [0, 0.1) is 0 Å². The lowest BCUT2D eigenvalue weighted by Crippen LogP contribution is -2.46. The predicted octanol–water partition coefficient (Wildman–Crippen LogP) is 0.0959. The van der Waals surface area contributed by atoms with Gasteiger partial charge < -0.3 is 10.2 Å². The van der Waals surface area contributed by atoms with Gasteiger partial charge in [0, 0.05) is 31.8 Å². The zero-order chi connectivity index (χ0) is 7.68. The van der Waals surface area contributed by atoms with E-state index in [1.165, 1.54) is 5.70 Å². The Hall–Kier alpha value is -0.830. The Kier molecular flexibility index (Phi) is 1.66. The quantitative estimate of drug-likeness (QED) is 0.533. The summed E-state index contributed by atoms with van der Waals surface area (Å²) < 4.78 is 0. The van der Waals surface area contributed by atoms with Crippen LogP contribution in [-0.2, 0) is 4.79 Å². The van der Waals surface area contributed by atoms with Gasteiger partial charge in [-0.1, -0.05) is 6.08 Å². The van der Waals surface area contributed by atoms with Crippen LogP contribution in [0.5, 0.6) is 0 Å². The van der Waals surface area contributed by atoms with Gasteiger partial charge in [0.15, 0.2) is 0 Å². The van der Waals surface area contributed by atoms with E-state index < -0.39 is 0 Å². The molecule has 0 unspecified atom stereocenters. The molecule has 0 spiro atoms. The van der Waals surface area contributed by atoms with Crippen LogP contribution < -0.4 is 5.32 Å². The van der Waals surface area contributed by atoms with Crippen molar-refractivity contribution in [2.24, 2.45) is 0 Å². The standard InChI is InChI=1S/C8H12N2O/c11-8-3-1-2-7-6-9-4-5-10(7)8/h2,9H,1,3-6H2. The first-order valence-electron chi connectivity index (χ1n) is 4.08. The van der Waals surface area contributed by atoms with Crippen molar-refractivity contribution in [2.45, 2.75) is 12.8 Å². The number of carbonyl (C=O) groups is 1. The summed E-state index contributed by atoms with van der Waals surface area (Å²) in [4.78, 5) is 13.2. The molecular weight excluding hydrogens is 140 g/mol. The molecule has 0 atom stereocenters. The number of allylic oxidation sites excluding steroid dienone is 1. The highest BCUT2D eigenvalue weighted by atomic mass is 16.2. The molecule has 0 aromatic heterocycles. The average molecular weight is 152 g/mol. The second-order valence-corrected chi connectivity index (χ2v) is 2.96. The lowest BCUT2D eigenvalue weighted by Gasteiger charge is -2.32. The van der Waals surface area contributed by atoms with E-state index in [0.717, 1.165) is 26.1 Å². The SMILES string of the molecule is O=C1CCC=C2CNCCN12. The maximum absolute atomic E-state index is 11.3. The number of hydrogen-bond donors (Lipinski definition) is 1. The maximum Gasteiger partial charge on any atom is 0.227 e. The first kappa shape index (κ1) is 6.85. The normalized spacial score (nSPS) is 24.5. The fourth-order valence-corrected chi connectivity index (χ4v) is 1.61. The van der Waals surface area contributed by atoms with Gasteiger partial charge >= 0.3 is 0 Å². The van der Waals surface area contributed by atoms with Crippen LogP contribution >= 0.6 is 0 Å². The second-order valence-electron chi connectivity index (χ2n) is 2.96. The molecular formula is C8H12N2O. The average Bonchev–Trinajstić information content (AvgIpc) is 2.06. The van der Waals surface area contributed by atoms with Crippen molar-refractivity contribution in [2.75, 3.05) is 19.6 Å². The minimum Gasteiger partial charge on any atom is -0.314 e. The fourth-order valence-electron chi connectivity index (χ4n) is 1.61. The molecule has 0 aromatic carbocycles. The third-order valence-corrected chi connectivity index (χ3v) is 2.20. The molecule has 60 valence electrons. The summed E-state index contributed by atoms with van der Waals surface area (Å²) in [6, 6.07) is 0. The number of nitrogens with one attached hydrogen (secondary N) is 1. The molecule has 0 saturated carbocycles. The number of carbonyl (C=O) groups excluding carboxylic acids is 1. The van der Waals surface area contributed by atoms with Crippen molar-refractivity contribution >= 4 is 5.91 Å². The molecule has 0 aliphatic carbocycles. The number of nitrogens with zero attached hydrogens (tertiary/aromatic N) is 1.